The first-order valence-corrected chi connectivity index (χ1v) is 3.88. The molecule has 11 heavy (non-hydrogen) atoms. The van der Waals surface area contributed by atoms with Crippen molar-refractivity contribution in [3.05, 3.63) is 32.9 Å². The fraction of sp³-hybridized carbons (Fsp3) is 0.333. The Bertz CT molecular complexity index is 234. The van der Waals surface area contributed by atoms with Crippen molar-refractivity contribution in [2.75, 3.05) is 0 Å². The van der Waals surface area contributed by atoms with Gasteiger partial charge in [0.15, 0.2) is 0 Å². The van der Waals surface area contributed by atoms with Gasteiger partial charge in [-0.05, 0) is 12.5 Å². The third-order valence-electron chi connectivity index (χ3n) is 1.42. The number of nitro groups is 1. The minimum absolute atomic E-state index is 0.111. The van der Waals surface area contributed by atoms with Gasteiger partial charge in [-0.2, -0.15) is 0 Å². The molecule has 0 saturated carbocycles. The van der Waals surface area contributed by atoms with Gasteiger partial charge in [-0.25, -0.2) is 0 Å². The Balaban J connectivity index is 2.91. The lowest BCUT2D eigenvalue weighted by atomic mass is 10.1. The normalized spacial score (nSPS) is 17.2. The van der Waals surface area contributed by atoms with Crippen LogP contribution in [0.15, 0.2) is 22.8 Å². The van der Waals surface area contributed by atoms with E-state index >= 15 is 0 Å². The van der Waals surface area contributed by atoms with Gasteiger partial charge in [-0.15, -0.1) is 0 Å². The number of hydrogen-bond acceptors (Lipinski definition) is 4. The molecule has 0 spiro atoms. The average molecular weight is 173 g/mol. The van der Waals surface area contributed by atoms with Gasteiger partial charge >= 0.3 is 0 Å². The zero-order valence-corrected chi connectivity index (χ0v) is 6.50. The molecule has 0 aromatic heterocycles. The van der Waals surface area contributed by atoms with Gasteiger partial charge in [0.05, 0.1) is 4.92 Å². The molecular weight excluding hydrogens is 166 g/mol. The van der Waals surface area contributed by atoms with E-state index in [0.717, 1.165) is 0 Å². The standard InChI is InChI=1S/C6H7NO3S/c8-7(9)5-3-1-2-4-6(5)11-10/h2,4,10H,1,3H2. The predicted octanol–water partition coefficient (Wildman–Crippen LogP) is 2.03. The highest BCUT2D eigenvalue weighted by Gasteiger charge is 2.18. The van der Waals surface area contributed by atoms with Crippen LogP contribution in [0, 0.1) is 10.1 Å². The predicted molar refractivity (Wildman–Crippen MR) is 42.6 cm³/mol. The van der Waals surface area contributed by atoms with Gasteiger partial charge in [0.1, 0.15) is 4.91 Å². The molecule has 0 bridgehead atoms. The first-order valence-electron chi connectivity index (χ1n) is 3.11. The smallest absolute Gasteiger partial charge is 0.262 e. The first-order chi connectivity index (χ1) is 5.25. The maximum atomic E-state index is 10.3. The van der Waals surface area contributed by atoms with Crippen molar-refractivity contribution in [3.63, 3.8) is 0 Å². The summed E-state index contributed by atoms with van der Waals surface area (Å²) >= 11 is 0.433. The van der Waals surface area contributed by atoms with Gasteiger partial charge in [-0.3, -0.25) is 10.1 Å². The van der Waals surface area contributed by atoms with Crippen molar-refractivity contribution in [3.8, 4) is 0 Å². The molecule has 0 radical (unpaired) electrons. The van der Waals surface area contributed by atoms with Crippen molar-refractivity contribution in [2.24, 2.45) is 0 Å². The molecule has 0 unspecified atom stereocenters. The van der Waals surface area contributed by atoms with E-state index in [1.54, 1.807) is 6.08 Å². The summed E-state index contributed by atoms with van der Waals surface area (Å²) in [6.45, 7) is 0. The molecule has 1 N–H and O–H groups in total. The second kappa shape index (κ2) is 3.54. The van der Waals surface area contributed by atoms with Crippen molar-refractivity contribution >= 4 is 12.0 Å². The maximum absolute atomic E-state index is 10.3. The molecule has 5 heteroatoms. The Hall–Kier alpha value is -0.810. The van der Waals surface area contributed by atoms with E-state index in [2.05, 4.69) is 0 Å². The Labute approximate surface area is 68.0 Å². The molecule has 1 aliphatic carbocycles. The third-order valence-corrected chi connectivity index (χ3v) is 1.99. The van der Waals surface area contributed by atoms with Crippen LogP contribution < -0.4 is 0 Å². The molecule has 0 saturated heterocycles. The molecule has 60 valence electrons. The van der Waals surface area contributed by atoms with E-state index < -0.39 is 4.92 Å². The van der Waals surface area contributed by atoms with Crippen molar-refractivity contribution in [1.29, 1.82) is 0 Å². The van der Waals surface area contributed by atoms with E-state index in [1.807, 2.05) is 6.08 Å². The largest absolute Gasteiger partial charge is 0.325 e. The molecule has 1 rings (SSSR count). The molecule has 0 heterocycles. The monoisotopic (exact) mass is 173 g/mol. The van der Waals surface area contributed by atoms with E-state index in [1.165, 1.54) is 0 Å². The van der Waals surface area contributed by atoms with Crippen LogP contribution in [0.1, 0.15) is 12.8 Å². The zero-order valence-electron chi connectivity index (χ0n) is 5.69. The minimum atomic E-state index is -0.442. The van der Waals surface area contributed by atoms with Gasteiger partial charge in [0.25, 0.3) is 5.70 Å². The maximum Gasteiger partial charge on any atom is 0.262 e. The second-order valence-corrected chi connectivity index (χ2v) is 2.72. The third kappa shape index (κ3) is 1.81. The van der Waals surface area contributed by atoms with Crippen molar-refractivity contribution in [2.45, 2.75) is 12.8 Å². The summed E-state index contributed by atoms with van der Waals surface area (Å²) in [4.78, 5) is 10.2. The lowest BCUT2D eigenvalue weighted by Gasteiger charge is -2.04. The lowest BCUT2D eigenvalue weighted by Crippen LogP contribution is -2.03. The van der Waals surface area contributed by atoms with Crippen LogP contribution in [0.25, 0.3) is 0 Å². The highest BCUT2D eigenvalue weighted by molar-refractivity contribution is 7.97. The van der Waals surface area contributed by atoms with Gasteiger partial charge in [-0.1, -0.05) is 6.08 Å². The van der Waals surface area contributed by atoms with Gasteiger partial charge < -0.3 is 4.55 Å². The number of nitrogens with zero attached hydrogens (tertiary/aromatic N) is 1. The number of rotatable bonds is 2. The summed E-state index contributed by atoms with van der Waals surface area (Å²) in [7, 11) is 0. The van der Waals surface area contributed by atoms with Crippen molar-refractivity contribution < 1.29 is 9.48 Å². The van der Waals surface area contributed by atoms with Crippen LogP contribution in [0.3, 0.4) is 0 Å². The topological polar surface area (TPSA) is 63.4 Å². The van der Waals surface area contributed by atoms with E-state index in [0.29, 0.717) is 29.8 Å². The zero-order chi connectivity index (χ0) is 8.27. The summed E-state index contributed by atoms with van der Waals surface area (Å²) in [6, 6.07) is 0. The van der Waals surface area contributed by atoms with Crippen LogP contribution in [0.2, 0.25) is 0 Å². The van der Waals surface area contributed by atoms with E-state index in [9.17, 15) is 10.1 Å². The van der Waals surface area contributed by atoms with E-state index in [-0.39, 0.29) is 5.70 Å². The quantitative estimate of drug-likeness (QED) is 0.394. The van der Waals surface area contributed by atoms with Crippen LogP contribution in [-0.2, 0) is 0 Å². The summed E-state index contributed by atoms with van der Waals surface area (Å²) in [5.41, 5.74) is 0.111. The minimum Gasteiger partial charge on any atom is -0.325 e. The number of allylic oxidation sites excluding steroid dienone is 3. The molecule has 0 aromatic carbocycles. The Kier molecular flexibility index (Phi) is 2.67. The molecule has 0 aromatic rings. The van der Waals surface area contributed by atoms with Crippen molar-refractivity contribution in [1.82, 2.24) is 0 Å². The number of hydrogen-bond donors (Lipinski definition) is 1. The fourth-order valence-electron chi connectivity index (χ4n) is 0.894. The van der Waals surface area contributed by atoms with Crippen LogP contribution in [-0.4, -0.2) is 9.48 Å². The van der Waals surface area contributed by atoms with Gasteiger partial charge in [0.2, 0.25) is 0 Å². The summed E-state index contributed by atoms with van der Waals surface area (Å²) in [6.07, 6.45) is 4.48. The molecule has 0 fully saturated rings. The fourth-order valence-corrected chi connectivity index (χ4v) is 1.33. The molecular formula is C6H7NO3S. The first kappa shape index (κ1) is 8.29. The van der Waals surface area contributed by atoms with Crippen LogP contribution in [0.4, 0.5) is 0 Å². The Morgan fingerprint density at radius 1 is 1.73 bits per heavy atom. The highest BCUT2D eigenvalue weighted by atomic mass is 32.2. The second-order valence-electron chi connectivity index (χ2n) is 2.10. The Morgan fingerprint density at radius 2 is 2.45 bits per heavy atom. The lowest BCUT2D eigenvalue weighted by molar-refractivity contribution is -0.428. The molecule has 0 aliphatic heterocycles. The molecule has 0 amide bonds. The Morgan fingerprint density at radius 3 is 2.91 bits per heavy atom. The molecule has 4 nitrogen and oxygen atoms in total. The van der Waals surface area contributed by atoms with Crippen LogP contribution >= 0.6 is 12.0 Å². The molecule has 1 aliphatic rings. The average Bonchev–Trinajstić information content (AvgIpc) is 2.04. The van der Waals surface area contributed by atoms with E-state index in [4.69, 9.17) is 4.55 Å². The highest BCUT2D eigenvalue weighted by Crippen LogP contribution is 2.25. The molecule has 0 atom stereocenters. The summed E-state index contributed by atoms with van der Waals surface area (Å²) in [5.74, 6) is 0. The van der Waals surface area contributed by atoms with Crippen LogP contribution in [0.5, 0.6) is 0 Å². The summed E-state index contributed by atoms with van der Waals surface area (Å²) < 4.78 is 8.61. The van der Waals surface area contributed by atoms with Gasteiger partial charge in [0, 0.05) is 18.5 Å². The summed E-state index contributed by atoms with van der Waals surface area (Å²) in [5, 5.41) is 10.3. The SMILES string of the molecule is O=[N+]([O-])C1=C(SO)C=CCC1.